The molecule has 1 N–H and O–H groups in total. The summed E-state index contributed by atoms with van der Waals surface area (Å²) in [5, 5.41) is 6.21. The zero-order valence-electron chi connectivity index (χ0n) is 10.1. The van der Waals surface area contributed by atoms with Crippen LogP contribution in [0, 0.1) is 6.92 Å². The fourth-order valence-corrected chi connectivity index (χ4v) is 1.48. The van der Waals surface area contributed by atoms with Crippen molar-refractivity contribution in [1.82, 2.24) is 10.5 Å². The Morgan fingerprint density at radius 1 is 1.39 bits per heavy atom. The molecule has 1 aromatic heterocycles. The number of hydrogen-bond acceptors (Lipinski definition) is 4. The Hall–Kier alpha value is -2.30. The maximum atomic E-state index is 11.4. The lowest BCUT2D eigenvalue weighted by molar-refractivity contribution is 0.196. The summed E-state index contributed by atoms with van der Waals surface area (Å²) < 4.78 is 9.70. The summed E-state index contributed by atoms with van der Waals surface area (Å²) in [6.07, 6.45) is 0.229. The molecule has 0 atom stereocenters. The third-order valence-corrected chi connectivity index (χ3v) is 2.33. The highest BCUT2D eigenvalue weighted by Crippen LogP contribution is 2.09. The van der Waals surface area contributed by atoms with Gasteiger partial charge in [0.05, 0.1) is 0 Å². The van der Waals surface area contributed by atoms with Crippen LogP contribution in [-0.2, 0) is 6.42 Å². The zero-order valence-corrected chi connectivity index (χ0v) is 10.1. The van der Waals surface area contributed by atoms with Gasteiger partial charge in [0.25, 0.3) is 5.88 Å². The quantitative estimate of drug-likeness (QED) is 0.899. The number of aromatic nitrogens is 1. The van der Waals surface area contributed by atoms with Crippen LogP contribution in [0.1, 0.15) is 11.3 Å². The number of hydrogen-bond donors (Lipinski definition) is 1. The highest BCUT2D eigenvalue weighted by molar-refractivity contribution is 5.69. The van der Waals surface area contributed by atoms with E-state index in [1.165, 1.54) is 0 Å². The molecule has 0 radical (unpaired) electrons. The van der Waals surface area contributed by atoms with Crippen LogP contribution in [0.5, 0.6) is 5.88 Å². The van der Waals surface area contributed by atoms with E-state index in [2.05, 4.69) is 10.5 Å². The average molecular weight is 246 g/mol. The minimum atomic E-state index is -0.528. The van der Waals surface area contributed by atoms with Gasteiger partial charge < -0.3 is 14.6 Å². The Bertz CT molecular complexity index is 508. The Morgan fingerprint density at radius 3 is 2.83 bits per heavy atom. The second kappa shape index (κ2) is 5.86. The fourth-order valence-electron chi connectivity index (χ4n) is 1.48. The molecule has 2 rings (SSSR count). The third-order valence-electron chi connectivity index (χ3n) is 2.33. The maximum absolute atomic E-state index is 11.4. The van der Waals surface area contributed by atoms with Gasteiger partial charge in [0.2, 0.25) is 0 Å². The van der Waals surface area contributed by atoms with Crippen molar-refractivity contribution in [3.05, 3.63) is 47.7 Å². The molecule has 0 aliphatic carbocycles. The van der Waals surface area contributed by atoms with Crippen molar-refractivity contribution >= 4 is 6.09 Å². The molecule has 94 valence electrons. The number of carbonyl (C=O) groups excluding carboxylic acids is 1. The summed E-state index contributed by atoms with van der Waals surface area (Å²) in [6.45, 7) is 2.24. The van der Waals surface area contributed by atoms with E-state index in [-0.39, 0.29) is 5.88 Å². The zero-order chi connectivity index (χ0) is 12.8. The number of nitrogens with zero attached hydrogens (tertiary/aromatic N) is 1. The summed E-state index contributed by atoms with van der Waals surface area (Å²) in [7, 11) is 0. The number of amides is 1. The molecular formula is C13H14N2O3. The van der Waals surface area contributed by atoms with Crippen LogP contribution in [0.25, 0.3) is 0 Å². The van der Waals surface area contributed by atoms with E-state index in [0.29, 0.717) is 12.3 Å². The first-order valence-corrected chi connectivity index (χ1v) is 5.67. The molecule has 0 aliphatic rings. The number of aryl methyl sites for hydroxylation is 1. The molecule has 2 aromatic rings. The normalized spacial score (nSPS) is 10.1. The molecule has 18 heavy (non-hydrogen) atoms. The number of carbonyl (C=O) groups is 1. The van der Waals surface area contributed by atoms with Crippen molar-refractivity contribution in [2.75, 3.05) is 6.54 Å². The fraction of sp³-hybridized carbons (Fsp3) is 0.231. The van der Waals surface area contributed by atoms with Crippen LogP contribution in [0.15, 0.2) is 40.9 Å². The van der Waals surface area contributed by atoms with Crippen molar-refractivity contribution in [1.29, 1.82) is 0 Å². The molecular weight excluding hydrogens is 232 g/mol. The highest BCUT2D eigenvalue weighted by atomic mass is 16.6. The second-order valence-electron chi connectivity index (χ2n) is 3.83. The maximum Gasteiger partial charge on any atom is 0.414 e. The first-order chi connectivity index (χ1) is 8.74. The molecule has 0 fully saturated rings. The molecule has 0 saturated heterocycles. The molecule has 5 heteroatoms. The molecule has 0 unspecified atom stereocenters. The lowest BCUT2D eigenvalue weighted by Crippen LogP contribution is -2.28. The summed E-state index contributed by atoms with van der Waals surface area (Å²) in [4.78, 5) is 11.4. The van der Waals surface area contributed by atoms with E-state index in [4.69, 9.17) is 9.26 Å². The van der Waals surface area contributed by atoms with Gasteiger partial charge in [-0.2, -0.15) is 0 Å². The van der Waals surface area contributed by atoms with Crippen molar-refractivity contribution in [2.24, 2.45) is 0 Å². The van der Waals surface area contributed by atoms with E-state index in [0.717, 1.165) is 12.0 Å². The summed E-state index contributed by atoms with van der Waals surface area (Å²) in [6, 6.07) is 11.5. The van der Waals surface area contributed by atoms with Crippen molar-refractivity contribution in [3.8, 4) is 5.88 Å². The van der Waals surface area contributed by atoms with E-state index < -0.39 is 6.09 Å². The molecule has 0 saturated carbocycles. The van der Waals surface area contributed by atoms with Gasteiger partial charge in [-0.1, -0.05) is 30.3 Å². The standard InChI is InChI=1S/C13H14N2O3/c1-10-9-12(15-18-10)17-13(16)14-8-7-11-5-3-2-4-6-11/h2-6,9H,7-8H2,1H3,(H,14,16). The molecule has 1 amide bonds. The Morgan fingerprint density at radius 2 is 2.17 bits per heavy atom. The predicted molar refractivity (Wildman–Crippen MR) is 65.4 cm³/mol. The first kappa shape index (κ1) is 12.2. The van der Waals surface area contributed by atoms with Gasteiger partial charge in [0.1, 0.15) is 5.76 Å². The van der Waals surface area contributed by atoms with Crippen molar-refractivity contribution < 1.29 is 14.1 Å². The second-order valence-corrected chi connectivity index (χ2v) is 3.83. The molecule has 0 aliphatic heterocycles. The van der Waals surface area contributed by atoms with Crippen LogP contribution in [-0.4, -0.2) is 17.8 Å². The highest BCUT2D eigenvalue weighted by Gasteiger charge is 2.07. The van der Waals surface area contributed by atoms with Crippen LogP contribution < -0.4 is 10.1 Å². The Labute approximate surface area is 105 Å². The van der Waals surface area contributed by atoms with Gasteiger partial charge in [0.15, 0.2) is 0 Å². The largest absolute Gasteiger partial charge is 0.414 e. The summed E-state index contributed by atoms with van der Waals surface area (Å²) in [5.41, 5.74) is 1.16. The lowest BCUT2D eigenvalue weighted by atomic mass is 10.1. The van der Waals surface area contributed by atoms with E-state index in [1.54, 1.807) is 13.0 Å². The Kier molecular flexibility index (Phi) is 3.96. The topological polar surface area (TPSA) is 64.4 Å². The smallest absolute Gasteiger partial charge is 0.388 e. The molecule has 1 heterocycles. The van der Waals surface area contributed by atoms with Gasteiger partial charge in [-0.05, 0) is 24.1 Å². The number of benzene rings is 1. The monoisotopic (exact) mass is 246 g/mol. The van der Waals surface area contributed by atoms with Gasteiger partial charge in [-0.15, -0.1) is 0 Å². The molecule has 1 aromatic carbocycles. The van der Waals surface area contributed by atoms with E-state index >= 15 is 0 Å². The minimum absolute atomic E-state index is 0.171. The van der Waals surface area contributed by atoms with E-state index in [1.807, 2.05) is 30.3 Å². The minimum Gasteiger partial charge on any atom is -0.388 e. The average Bonchev–Trinajstić information content (AvgIpc) is 2.76. The predicted octanol–water partition coefficient (Wildman–Crippen LogP) is 2.31. The third kappa shape index (κ3) is 3.62. The van der Waals surface area contributed by atoms with Crippen molar-refractivity contribution in [2.45, 2.75) is 13.3 Å². The molecule has 0 spiro atoms. The lowest BCUT2D eigenvalue weighted by Gasteiger charge is -2.04. The SMILES string of the molecule is Cc1cc(OC(=O)NCCc2ccccc2)no1. The molecule has 0 bridgehead atoms. The summed E-state index contributed by atoms with van der Waals surface area (Å²) in [5.74, 6) is 0.770. The van der Waals surface area contributed by atoms with Gasteiger partial charge in [-0.25, -0.2) is 4.79 Å². The van der Waals surface area contributed by atoms with Crippen LogP contribution in [0.2, 0.25) is 0 Å². The summed E-state index contributed by atoms with van der Waals surface area (Å²) >= 11 is 0. The van der Waals surface area contributed by atoms with Gasteiger partial charge in [-0.3, -0.25) is 0 Å². The number of ether oxygens (including phenoxy) is 1. The van der Waals surface area contributed by atoms with Crippen molar-refractivity contribution in [3.63, 3.8) is 0 Å². The molecule has 5 nitrogen and oxygen atoms in total. The number of nitrogens with one attached hydrogen (secondary N) is 1. The number of rotatable bonds is 4. The first-order valence-electron chi connectivity index (χ1n) is 5.67. The van der Waals surface area contributed by atoms with Crippen LogP contribution in [0.3, 0.4) is 0 Å². The van der Waals surface area contributed by atoms with Gasteiger partial charge >= 0.3 is 6.09 Å². The van der Waals surface area contributed by atoms with Crippen LogP contribution in [0.4, 0.5) is 4.79 Å². The van der Waals surface area contributed by atoms with Crippen LogP contribution >= 0.6 is 0 Å². The Balaban J connectivity index is 1.72. The van der Waals surface area contributed by atoms with Gasteiger partial charge in [0, 0.05) is 12.6 Å². The van der Waals surface area contributed by atoms with E-state index in [9.17, 15) is 4.79 Å².